The Labute approximate surface area is 131 Å². The van der Waals surface area contributed by atoms with Gasteiger partial charge in [0.25, 0.3) is 0 Å². The van der Waals surface area contributed by atoms with E-state index in [1.165, 1.54) is 0 Å². The fourth-order valence-electron chi connectivity index (χ4n) is 2.27. The largest absolute Gasteiger partial charge is 0.496 e. The molecular weight excluding hydrogens is 284 g/mol. The molecule has 0 aromatic heterocycles. The molecule has 3 heteroatoms. The summed E-state index contributed by atoms with van der Waals surface area (Å²) in [7, 11) is 1.67. The van der Waals surface area contributed by atoms with Crippen LogP contribution in [0.15, 0.2) is 42.5 Å². The number of hydrogen-bond donors (Lipinski definition) is 0. The van der Waals surface area contributed by atoms with Crippen LogP contribution in [0.4, 0.5) is 0 Å². The molecule has 21 heavy (non-hydrogen) atoms. The third-order valence-corrected chi connectivity index (χ3v) is 3.74. The van der Waals surface area contributed by atoms with Crippen LogP contribution >= 0.6 is 11.6 Å². The summed E-state index contributed by atoms with van der Waals surface area (Å²) in [4.78, 5) is 0. The lowest BCUT2D eigenvalue weighted by atomic mass is 10.0. The van der Waals surface area contributed by atoms with E-state index < -0.39 is 0 Å². The zero-order valence-corrected chi connectivity index (χ0v) is 13.6. The predicted octanol–water partition coefficient (Wildman–Crippen LogP) is 5.12. The highest BCUT2D eigenvalue weighted by Crippen LogP contribution is 2.33. The smallest absolute Gasteiger partial charge is 0.121 e. The second-order valence-corrected chi connectivity index (χ2v) is 5.77. The summed E-state index contributed by atoms with van der Waals surface area (Å²) in [6.45, 7) is 6.04. The van der Waals surface area contributed by atoms with Crippen LogP contribution < -0.4 is 9.47 Å². The Kier molecular flexibility index (Phi) is 5.13. The number of methoxy groups -OCH3 is 1. The fourth-order valence-corrected chi connectivity index (χ4v) is 2.54. The Morgan fingerprint density at radius 1 is 1.00 bits per heavy atom. The molecule has 0 radical (unpaired) electrons. The first-order valence-corrected chi connectivity index (χ1v) is 7.50. The highest BCUT2D eigenvalue weighted by atomic mass is 35.5. The number of rotatable bonds is 5. The minimum Gasteiger partial charge on any atom is -0.496 e. The average Bonchev–Trinajstić information content (AvgIpc) is 2.46. The van der Waals surface area contributed by atoms with Crippen LogP contribution in [0.1, 0.15) is 35.9 Å². The number of alkyl halides is 1. The molecule has 0 aliphatic carbocycles. The molecular formula is C18H21ClO2. The van der Waals surface area contributed by atoms with Crippen LogP contribution in [0.2, 0.25) is 0 Å². The van der Waals surface area contributed by atoms with E-state index in [0.29, 0.717) is 0 Å². The molecule has 0 spiro atoms. The first kappa shape index (κ1) is 15.7. The van der Waals surface area contributed by atoms with Gasteiger partial charge in [-0.05, 0) is 55.7 Å². The zero-order chi connectivity index (χ0) is 15.4. The van der Waals surface area contributed by atoms with Gasteiger partial charge in [0.1, 0.15) is 11.5 Å². The fraction of sp³-hybridized carbons (Fsp3) is 0.333. The topological polar surface area (TPSA) is 18.5 Å². The predicted molar refractivity (Wildman–Crippen MR) is 87.6 cm³/mol. The minimum atomic E-state index is -0.203. The molecule has 2 rings (SSSR count). The molecule has 0 aliphatic heterocycles. The van der Waals surface area contributed by atoms with Gasteiger partial charge in [0.15, 0.2) is 0 Å². The molecule has 0 heterocycles. The van der Waals surface area contributed by atoms with Gasteiger partial charge in [-0.25, -0.2) is 0 Å². The molecule has 0 saturated heterocycles. The lowest BCUT2D eigenvalue weighted by molar-refractivity contribution is 0.242. The molecule has 112 valence electrons. The second kappa shape index (κ2) is 6.86. The molecule has 0 N–H and O–H groups in total. The van der Waals surface area contributed by atoms with E-state index in [-0.39, 0.29) is 11.5 Å². The van der Waals surface area contributed by atoms with Crippen molar-refractivity contribution < 1.29 is 9.47 Å². The Morgan fingerprint density at radius 2 is 1.71 bits per heavy atom. The standard InChI is InChI=1S/C18H21ClO2/c1-12(2)21-16-7-5-6-14(11-16)18(19)15-8-9-17(20-4)13(3)10-15/h5-12,18H,1-4H3. The Morgan fingerprint density at radius 3 is 2.33 bits per heavy atom. The lowest BCUT2D eigenvalue weighted by Gasteiger charge is -2.15. The quantitative estimate of drug-likeness (QED) is 0.714. The van der Waals surface area contributed by atoms with Crippen molar-refractivity contribution in [2.24, 2.45) is 0 Å². The van der Waals surface area contributed by atoms with Gasteiger partial charge in [0.2, 0.25) is 0 Å². The number of benzene rings is 2. The van der Waals surface area contributed by atoms with Crippen molar-refractivity contribution >= 4 is 11.6 Å². The van der Waals surface area contributed by atoms with Gasteiger partial charge in [-0.15, -0.1) is 11.6 Å². The third kappa shape index (κ3) is 3.92. The zero-order valence-electron chi connectivity index (χ0n) is 12.9. The number of ether oxygens (including phenoxy) is 2. The highest BCUT2D eigenvalue weighted by Gasteiger charge is 2.13. The van der Waals surface area contributed by atoms with Crippen LogP contribution in [0.25, 0.3) is 0 Å². The third-order valence-electron chi connectivity index (χ3n) is 3.23. The maximum absolute atomic E-state index is 6.61. The average molecular weight is 305 g/mol. The molecule has 2 aromatic rings. The van der Waals surface area contributed by atoms with Crippen LogP contribution in [0, 0.1) is 6.92 Å². The van der Waals surface area contributed by atoms with E-state index in [1.807, 2.05) is 57.2 Å². The minimum absolute atomic E-state index is 0.150. The lowest BCUT2D eigenvalue weighted by Crippen LogP contribution is -2.06. The normalized spacial score (nSPS) is 12.3. The molecule has 2 nitrogen and oxygen atoms in total. The van der Waals surface area contributed by atoms with E-state index in [4.69, 9.17) is 21.1 Å². The van der Waals surface area contributed by atoms with Crippen LogP contribution in [-0.2, 0) is 0 Å². The summed E-state index contributed by atoms with van der Waals surface area (Å²) >= 11 is 6.61. The maximum atomic E-state index is 6.61. The monoisotopic (exact) mass is 304 g/mol. The van der Waals surface area contributed by atoms with Gasteiger partial charge in [-0.1, -0.05) is 24.3 Å². The SMILES string of the molecule is COc1ccc(C(Cl)c2cccc(OC(C)C)c2)cc1C. The molecule has 0 amide bonds. The van der Waals surface area contributed by atoms with Crippen molar-refractivity contribution in [1.29, 1.82) is 0 Å². The molecule has 0 saturated carbocycles. The summed E-state index contributed by atoms with van der Waals surface area (Å²) in [5, 5.41) is -0.203. The van der Waals surface area contributed by atoms with Crippen molar-refractivity contribution in [1.82, 2.24) is 0 Å². The van der Waals surface area contributed by atoms with Crippen LogP contribution in [-0.4, -0.2) is 13.2 Å². The summed E-state index contributed by atoms with van der Waals surface area (Å²) in [5.41, 5.74) is 3.16. The molecule has 0 fully saturated rings. The highest BCUT2D eigenvalue weighted by molar-refractivity contribution is 6.22. The number of aryl methyl sites for hydroxylation is 1. The van der Waals surface area contributed by atoms with Crippen LogP contribution in [0.5, 0.6) is 11.5 Å². The molecule has 0 aliphatic rings. The summed E-state index contributed by atoms with van der Waals surface area (Å²) in [5.74, 6) is 1.72. The van der Waals surface area contributed by atoms with Crippen molar-refractivity contribution in [3.8, 4) is 11.5 Å². The van der Waals surface area contributed by atoms with E-state index in [1.54, 1.807) is 7.11 Å². The Bertz CT molecular complexity index is 608. The Hall–Kier alpha value is -1.67. The molecule has 2 aromatic carbocycles. The summed E-state index contributed by atoms with van der Waals surface area (Å²) in [6, 6.07) is 14.0. The Balaban J connectivity index is 2.27. The van der Waals surface area contributed by atoms with Gasteiger partial charge < -0.3 is 9.47 Å². The first-order chi connectivity index (χ1) is 10.0. The number of halogens is 1. The second-order valence-electron chi connectivity index (χ2n) is 5.33. The van der Waals surface area contributed by atoms with Gasteiger partial charge in [-0.3, -0.25) is 0 Å². The van der Waals surface area contributed by atoms with Gasteiger partial charge in [0, 0.05) is 0 Å². The van der Waals surface area contributed by atoms with Crippen molar-refractivity contribution in [3.63, 3.8) is 0 Å². The van der Waals surface area contributed by atoms with Crippen molar-refractivity contribution in [2.75, 3.05) is 7.11 Å². The van der Waals surface area contributed by atoms with E-state index in [0.717, 1.165) is 28.2 Å². The van der Waals surface area contributed by atoms with E-state index in [2.05, 4.69) is 6.07 Å². The molecule has 1 atom stereocenters. The van der Waals surface area contributed by atoms with Gasteiger partial charge in [0.05, 0.1) is 18.6 Å². The van der Waals surface area contributed by atoms with E-state index >= 15 is 0 Å². The van der Waals surface area contributed by atoms with Gasteiger partial charge >= 0.3 is 0 Å². The van der Waals surface area contributed by atoms with Crippen molar-refractivity contribution in [3.05, 3.63) is 59.2 Å². The van der Waals surface area contributed by atoms with Gasteiger partial charge in [-0.2, -0.15) is 0 Å². The van der Waals surface area contributed by atoms with Crippen molar-refractivity contribution in [2.45, 2.75) is 32.3 Å². The molecule has 1 unspecified atom stereocenters. The van der Waals surface area contributed by atoms with Crippen LogP contribution in [0.3, 0.4) is 0 Å². The first-order valence-electron chi connectivity index (χ1n) is 7.06. The summed E-state index contributed by atoms with van der Waals surface area (Å²) in [6.07, 6.45) is 0.150. The maximum Gasteiger partial charge on any atom is 0.121 e. The summed E-state index contributed by atoms with van der Waals surface area (Å²) < 4.78 is 11.0. The number of hydrogen-bond acceptors (Lipinski definition) is 2. The molecule has 0 bridgehead atoms. The van der Waals surface area contributed by atoms with E-state index in [9.17, 15) is 0 Å².